The van der Waals surface area contributed by atoms with E-state index in [0.29, 0.717) is 0 Å². The molecule has 1 aromatic heterocycles. The Labute approximate surface area is 99.9 Å². The van der Waals surface area contributed by atoms with E-state index in [-0.39, 0.29) is 5.82 Å². The van der Waals surface area contributed by atoms with Gasteiger partial charge < -0.3 is 26.4 Å². The van der Waals surface area contributed by atoms with Crippen LogP contribution in [0.4, 0.5) is 10.2 Å². The van der Waals surface area contributed by atoms with Gasteiger partial charge in [0.05, 0.1) is 0 Å². The SMILES string of the molecule is NC1=C(n2ccc(N)nc2=O)O[C@](F)(CO)[C@H]1O. The van der Waals surface area contributed by atoms with Crippen LogP contribution in [0.3, 0.4) is 0 Å². The number of rotatable bonds is 2. The van der Waals surface area contributed by atoms with E-state index in [4.69, 9.17) is 21.3 Å². The molecule has 1 aromatic rings. The minimum absolute atomic E-state index is 0.0253. The van der Waals surface area contributed by atoms with E-state index in [9.17, 15) is 14.3 Å². The Morgan fingerprint density at radius 2 is 2.28 bits per heavy atom. The van der Waals surface area contributed by atoms with Gasteiger partial charge in [-0.3, -0.25) is 0 Å². The van der Waals surface area contributed by atoms with Gasteiger partial charge in [-0.1, -0.05) is 0 Å². The molecule has 1 aliphatic rings. The van der Waals surface area contributed by atoms with Gasteiger partial charge >= 0.3 is 11.5 Å². The lowest BCUT2D eigenvalue weighted by atomic mass is 10.1. The lowest BCUT2D eigenvalue weighted by Crippen LogP contribution is -2.41. The zero-order valence-corrected chi connectivity index (χ0v) is 9.08. The molecule has 2 heterocycles. The Bertz CT molecular complexity index is 572. The number of nitrogens with two attached hydrogens (primary N) is 2. The molecular weight excluding hydrogens is 247 g/mol. The molecule has 1 aliphatic heterocycles. The summed E-state index contributed by atoms with van der Waals surface area (Å²) in [6.07, 6.45) is -0.704. The number of hydrogen-bond donors (Lipinski definition) is 4. The van der Waals surface area contributed by atoms with Crippen LogP contribution in [-0.4, -0.2) is 38.3 Å². The van der Waals surface area contributed by atoms with Gasteiger partial charge in [0.1, 0.15) is 18.1 Å². The molecule has 0 saturated heterocycles. The first kappa shape index (κ1) is 12.3. The number of halogens is 1. The third-order valence-electron chi connectivity index (χ3n) is 2.48. The molecule has 0 aromatic carbocycles. The van der Waals surface area contributed by atoms with Crippen LogP contribution in [-0.2, 0) is 4.74 Å². The Morgan fingerprint density at radius 1 is 1.61 bits per heavy atom. The van der Waals surface area contributed by atoms with Crippen LogP contribution in [0.5, 0.6) is 0 Å². The highest BCUT2D eigenvalue weighted by molar-refractivity contribution is 5.49. The highest BCUT2D eigenvalue weighted by Gasteiger charge is 2.50. The van der Waals surface area contributed by atoms with E-state index in [2.05, 4.69) is 4.98 Å². The van der Waals surface area contributed by atoms with Crippen LogP contribution in [0.2, 0.25) is 0 Å². The molecule has 2 atom stereocenters. The molecule has 0 unspecified atom stereocenters. The Morgan fingerprint density at radius 3 is 2.78 bits per heavy atom. The van der Waals surface area contributed by atoms with Crippen molar-refractivity contribution in [1.29, 1.82) is 0 Å². The van der Waals surface area contributed by atoms with Gasteiger partial charge in [-0.05, 0) is 6.07 Å². The molecule has 6 N–H and O–H groups in total. The molecule has 0 bridgehead atoms. The summed E-state index contributed by atoms with van der Waals surface area (Å²) >= 11 is 0. The summed E-state index contributed by atoms with van der Waals surface area (Å²) in [4.78, 5) is 14.9. The topological polar surface area (TPSA) is 137 Å². The van der Waals surface area contributed by atoms with Crippen LogP contribution < -0.4 is 17.2 Å². The molecule has 0 spiro atoms. The van der Waals surface area contributed by atoms with Gasteiger partial charge in [-0.25, -0.2) is 9.36 Å². The number of alkyl halides is 1. The summed E-state index contributed by atoms with van der Waals surface area (Å²) in [5, 5.41) is 18.3. The van der Waals surface area contributed by atoms with Gasteiger partial charge in [0.2, 0.25) is 5.88 Å². The third-order valence-corrected chi connectivity index (χ3v) is 2.48. The molecule has 2 rings (SSSR count). The van der Waals surface area contributed by atoms with Crippen LogP contribution >= 0.6 is 0 Å². The first-order valence-corrected chi connectivity index (χ1v) is 4.91. The zero-order valence-electron chi connectivity index (χ0n) is 9.08. The Kier molecular flexibility index (Phi) is 2.71. The second kappa shape index (κ2) is 3.96. The largest absolute Gasteiger partial charge is 0.435 e. The van der Waals surface area contributed by atoms with Crippen LogP contribution in [0.1, 0.15) is 0 Å². The Balaban J connectivity index is 2.49. The van der Waals surface area contributed by atoms with Gasteiger partial charge in [0.15, 0.2) is 6.10 Å². The fourth-order valence-electron chi connectivity index (χ4n) is 1.50. The van der Waals surface area contributed by atoms with Crippen LogP contribution in [0, 0.1) is 0 Å². The van der Waals surface area contributed by atoms with Crippen molar-refractivity contribution in [1.82, 2.24) is 9.55 Å². The predicted octanol–water partition coefficient (Wildman–Crippen LogP) is -2.04. The van der Waals surface area contributed by atoms with Crippen molar-refractivity contribution in [2.24, 2.45) is 5.73 Å². The number of ether oxygens (including phenoxy) is 1. The molecule has 98 valence electrons. The highest BCUT2D eigenvalue weighted by Crippen LogP contribution is 2.34. The van der Waals surface area contributed by atoms with Crippen molar-refractivity contribution in [3.05, 3.63) is 28.4 Å². The summed E-state index contributed by atoms with van der Waals surface area (Å²) in [7, 11) is 0. The lowest BCUT2D eigenvalue weighted by Gasteiger charge is -2.21. The maximum Gasteiger partial charge on any atom is 0.356 e. The third kappa shape index (κ3) is 1.69. The molecule has 0 aliphatic carbocycles. The fraction of sp³-hybridized carbons (Fsp3) is 0.333. The molecule has 0 saturated carbocycles. The van der Waals surface area contributed by atoms with Crippen LogP contribution in [0.15, 0.2) is 22.8 Å². The fourth-order valence-corrected chi connectivity index (χ4v) is 1.50. The van der Waals surface area contributed by atoms with Gasteiger partial charge in [0, 0.05) is 6.20 Å². The molecule has 0 radical (unpaired) electrons. The first-order chi connectivity index (χ1) is 8.39. The van der Waals surface area contributed by atoms with Crippen molar-refractivity contribution in [3.63, 3.8) is 0 Å². The van der Waals surface area contributed by atoms with Gasteiger partial charge in [-0.2, -0.15) is 9.37 Å². The van der Waals surface area contributed by atoms with E-state index in [1.54, 1.807) is 0 Å². The average Bonchev–Trinajstić information content (AvgIpc) is 2.55. The van der Waals surface area contributed by atoms with Crippen molar-refractivity contribution in [2.45, 2.75) is 12.0 Å². The summed E-state index contributed by atoms with van der Waals surface area (Å²) in [6, 6.07) is 1.27. The second-order valence-electron chi connectivity index (χ2n) is 3.71. The minimum atomic E-state index is -2.78. The van der Waals surface area contributed by atoms with E-state index in [1.807, 2.05) is 0 Å². The number of hydrogen-bond acceptors (Lipinski definition) is 7. The standard InChI is InChI=1S/C9H11FN4O4/c10-9(3-15)6(16)5(12)7(18-9)14-2-1-4(11)13-8(14)17/h1-2,6,15-16H,3,12H2,(H2,11,13,17)/t6-,9+/m0/s1. The maximum atomic E-state index is 13.8. The minimum Gasteiger partial charge on any atom is -0.435 e. The summed E-state index contributed by atoms with van der Waals surface area (Å²) in [6.45, 7) is -1.12. The quantitative estimate of drug-likeness (QED) is 0.479. The van der Waals surface area contributed by atoms with Crippen molar-refractivity contribution < 1.29 is 19.3 Å². The van der Waals surface area contributed by atoms with Crippen molar-refractivity contribution in [3.8, 4) is 0 Å². The molecule has 0 fully saturated rings. The smallest absolute Gasteiger partial charge is 0.356 e. The van der Waals surface area contributed by atoms with Gasteiger partial charge in [-0.15, -0.1) is 0 Å². The number of nitrogens with zero attached hydrogens (tertiary/aromatic N) is 2. The Hall–Kier alpha value is -2.13. The van der Waals surface area contributed by atoms with E-state index < -0.39 is 35.8 Å². The average molecular weight is 258 g/mol. The maximum absolute atomic E-state index is 13.8. The zero-order chi connectivity index (χ0) is 13.5. The van der Waals surface area contributed by atoms with E-state index in [0.717, 1.165) is 4.57 Å². The van der Waals surface area contributed by atoms with E-state index >= 15 is 0 Å². The number of anilines is 1. The number of aliphatic hydroxyl groups excluding tert-OH is 2. The predicted molar refractivity (Wildman–Crippen MR) is 58.3 cm³/mol. The van der Waals surface area contributed by atoms with Crippen molar-refractivity contribution >= 4 is 11.7 Å². The van der Waals surface area contributed by atoms with Crippen molar-refractivity contribution in [2.75, 3.05) is 12.3 Å². The molecular formula is C9H11FN4O4. The molecule has 8 nitrogen and oxygen atoms in total. The number of aliphatic hydroxyl groups is 2. The number of aromatic nitrogens is 2. The second-order valence-corrected chi connectivity index (χ2v) is 3.71. The molecule has 9 heteroatoms. The van der Waals surface area contributed by atoms with E-state index in [1.165, 1.54) is 12.3 Å². The lowest BCUT2D eigenvalue weighted by molar-refractivity contribution is -0.163. The normalized spacial score (nSPS) is 27.4. The van der Waals surface area contributed by atoms with Gasteiger partial charge in [0.25, 0.3) is 0 Å². The van der Waals surface area contributed by atoms with Crippen LogP contribution in [0.25, 0.3) is 5.88 Å². The summed E-state index contributed by atoms with van der Waals surface area (Å²) in [5.74, 6) is -3.22. The molecule has 18 heavy (non-hydrogen) atoms. The summed E-state index contributed by atoms with van der Waals surface area (Å²) < 4.78 is 19.3. The first-order valence-electron chi connectivity index (χ1n) is 4.91. The summed E-state index contributed by atoms with van der Waals surface area (Å²) in [5.41, 5.74) is 9.48. The monoisotopic (exact) mass is 258 g/mol. The number of nitrogen functional groups attached to an aromatic ring is 1. The highest BCUT2D eigenvalue weighted by atomic mass is 19.2. The molecule has 0 amide bonds.